The van der Waals surface area contributed by atoms with Gasteiger partial charge in [-0.05, 0) is 35.9 Å². The van der Waals surface area contributed by atoms with Gasteiger partial charge in [-0.25, -0.2) is 4.39 Å². The molecule has 2 aromatic rings. The lowest BCUT2D eigenvalue weighted by atomic mass is 9.87. The molecule has 1 aromatic heterocycles. The van der Waals surface area contributed by atoms with Gasteiger partial charge in [0.25, 0.3) is 0 Å². The quantitative estimate of drug-likeness (QED) is 0.901. The minimum atomic E-state index is -0.892. The molecule has 0 radical (unpaired) electrons. The number of amides is 1. The van der Waals surface area contributed by atoms with Crippen molar-refractivity contribution in [2.24, 2.45) is 5.92 Å². The van der Waals surface area contributed by atoms with Gasteiger partial charge in [-0.1, -0.05) is 24.3 Å². The Morgan fingerprint density at radius 1 is 1.29 bits per heavy atom. The van der Waals surface area contributed by atoms with Crippen LogP contribution >= 0.6 is 11.3 Å². The maximum atomic E-state index is 13.8. The van der Waals surface area contributed by atoms with Gasteiger partial charge in [0, 0.05) is 17.8 Å². The van der Waals surface area contributed by atoms with Crippen LogP contribution in [0.25, 0.3) is 0 Å². The maximum Gasteiger partial charge on any atom is 0.308 e. The SMILES string of the molecule is O=C(O)C1CCC(=O)N(CCc2ccccc2F)C1c1cccs1. The van der Waals surface area contributed by atoms with E-state index in [9.17, 15) is 19.1 Å². The van der Waals surface area contributed by atoms with E-state index in [1.165, 1.54) is 17.4 Å². The van der Waals surface area contributed by atoms with Crippen molar-refractivity contribution in [3.63, 3.8) is 0 Å². The average Bonchev–Trinajstić information content (AvgIpc) is 3.08. The Morgan fingerprint density at radius 2 is 2.08 bits per heavy atom. The largest absolute Gasteiger partial charge is 0.481 e. The highest BCUT2D eigenvalue weighted by atomic mass is 32.1. The van der Waals surface area contributed by atoms with Gasteiger partial charge in [-0.3, -0.25) is 9.59 Å². The second-order valence-electron chi connectivity index (χ2n) is 5.87. The molecule has 2 unspecified atom stereocenters. The van der Waals surface area contributed by atoms with E-state index in [1.54, 1.807) is 23.1 Å². The molecule has 1 aliphatic heterocycles. The van der Waals surface area contributed by atoms with Crippen molar-refractivity contribution in [3.05, 3.63) is 58.0 Å². The van der Waals surface area contributed by atoms with Crippen LogP contribution in [-0.4, -0.2) is 28.4 Å². The third kappa shape index (κ3) is 3.33. The summed E-state index contributed by atoms with van der Waals surface area (Å²) in [4.78, 5) is 26.5. The number of piperidine rings is 1. The van der Waals surface area contributed by atoms with E-state index in [4.69, 9.17) is 0 Å². The van der Waals surface area contributed by atoms with Crippen molar-refractivity contribution in [1.82, 2.24) is 4.90 Å². The molecule has 24 heavy (non-hydrogen) atoms. The zero-order valence-electron chi connectivity index (χ0n) is 13.0. The Morgan fingerprint density at radius 3 is 2.75 bits per heavy atom. The zero-order valence-corrected chi connectivity index (χ0v) is 13.8. The van der Waals surface area contributed by atoms with Crippen LogP contribution in [-0.2, 0) is 16.0 Å². The molecule has 1 fully saturated rings. The summed E-state index contributed by atoms with van der Waals surface area (Å²) in [6.07, 6.45) is 0.926. The van der Waals surface area contributed by atoms with Crippen LogP contribution in [0, 0.1) is 11.7 Å². The van der Waals surface area contributed by atoms with Crippen LogP contribution in [0.15, 0.2) is 41.8 Å². The molecule has 2 atom stereocenters. The first-order chi connectivity index (χ1) is 11.6. The van der Waals surface area contributed by atoms with Gasteiger partial charge >= 0.3 is 5.97 Å². The van der Waals surface area contributed by atoms with Crippen molar-refractivity contribution in [2.45, 2.75) is 25.3 Å². The van der Waals surface area contributed by atoms with Crippen LogP contribution in [0.1, 0.15) is 29.3 Å². The standard InChI is InChI=1S/C18H18FNO3S/c19-14-5-2-1-4-12(14)9-10-20-16(21)8-7-13(18(22)23)17(20)15-6-3-11-24-15/h1-6,11,13,17H,7-10H2,(H,22,23). The molecule has 1 aliphatic rings. The second kappa shape index (κ2) is 7.13. The fraction of sp³-hybridized carbons (Fsp3) is 0.333. The lowest BCUT2D eigenvalue weighted by Crippen LogP contribution is -2.45. The number of carboxylic acid groups (broad SMARTS) is 1. The molecule has 1 aromatic carbocycles. The number of carbonyl (C=O) groups is 2. The first-order valence-corrected chi connectivity index (χ1v) is 8.75. The van der Waals surface area contributed by atoms with Crippen molar-refractivity contribution < 1.29 is 19.1 Å². The highest BCUT2D eigenvalue weighted by molar-refractivity contribution is 7.10. The Bertz CT molecular complexity index is 732. The number of hydrogen-bond donors (Lipinski definition) is 1. The van der Waals surface area contributed by atoms with E-state index in [0.717, 1.165) is 4.88 Å². The second-order valence-corrected chi connectivity index (χ2v) is 6.85. The number of likely N-dealkylation sites (tertiary alicyclic amines) is 1. The molecule has 1 amide bonds. The first kappa shape index (κ1) is 16.6. The van der Waals surface area contributed by atoms with Crippen molar-refractivity contribution >= 4 is 23.2 Å². The van der Waals surface area contributed by atoms with Gasteiger partial charge in [0.05, 0.1) is 12.0 Å². The normalized spacial score (nSPS) is 21.0. The number of thiophene rings is 1. The fourth-order valence-electron chi connectivity index (χ4n) is 3.23. The van der Waals surface area contributed by atoms with Crippen LogP contribution in [0.2, 0.25) is 0 Å². The molecule has 4 nitrogen and oxygen atoms in total. The number of carboxylic acids is 1. The minimum Gasteiger partial charge on any atom is -0.481 e. The number of halogens is 1. The molecular formula is C18H18FNO3S. The lowest BCUT2D eigenvalue weighted by molar-refractivity contribution is -0.151. The monoisotopic (exact) mass is 347 g/mol. The zero-order chi connectivity index (χ0) is 17.1. The smallest absolute Gasteiger partial charge is 0.308 e. The van der Waals surface area contributed by atoms with Crippen molar-refractivity contribution in [1.29, 1.82) is 0 Å². The summed E-state index contributed by atoms with van der Waals surface area (Å²) in [6.45, 7) is 0.312. The number of nitrogens with zero attached hydrogens (tertiary/aromatic N) is 1. The van der Waals surface area contributed by atoms with Crippen molar-refractivity contribution in [3.8, 4) is 0 Å². The number of hydrogen-bond acceptors (Lipinski definition) is 3. The van der Waals surface area contributed by atoms with Gasteiger partial charge in [-0.15, -0.1) is 11.3 Å². The molecule has 3 rings (SSSR count). The van der Waals surface area contributed by atoms with E-state index >= 15 is 0 Å². The van der Waals surface area contributed by atoms with Gasteiger partial charge in [0.15, 0.2) is 0 Å². The maximum absolute atomic E-state index is 13.8. The predicted molar refractivity (Wildman–Crippen MR) is 89.2 cm³/mol. The topological polar surface area (TPSA) is 57.6 Å². The average molecular weight is 347 g/mol. The molecule has 2 heterocycles. The number of carbonyl (C=O) groups excluding carboxylic acids is 1. The summed E-state index contributed by atoms with van der Waals surface area (Å²) in [5.74, 6) is -1.88. The molecular weight excluding hydrogens is 329 g/mol. The molecule has 0 spiro atoms. The van der Waals surface area contributed by atoms with E-state index in [1.807, 2.05) is 17.5 Å². The van der Waals surface area contributed by atoms with Crippen LogP contribution < -0.4 is 0 Å². The van der Waals surface area contributed by atoms with Gasteiger partial charge in [-0.2, -0.15) is 0 Å². The molecule has 0 aliphatic carbocycles. The molecule has 1 N–H and O–H groups in total. The minimum absolute atomic E-state index is 0.0674. The van der Waals surface area contributed by atoms with Crippen LogP contribution in [0.4, 0.5) is 4.39 Å². The molecule has 0 bridgehead atoms. The van der Waals surface area contributed by atoms with Crippen molar-refractivity contribution in [2.75, 3.05) is 6.54 Å². The third-order valence-electron chi connectivity index (χ3n) is 4.44. The Balaban J connectivity index is 1.85. The Hall–Kier alpha value is -2.21. The number of rotatable bonds is 5. The third-order valence-corrected chi connectivity index (χ3v) is 5.38. The molecule has 1 saturated heterocycles. The summed E-state index contributed by atoms with van der Waals surface area (Å²) in [6, 6.07) is 9.71. The molecule has 0 saturated carbocycles. The first-order valence-electron chi connectivity index (χ1n) is 7.87. The lowest BCUT2D eigenvalue weighted by Gasteiger charge is -2.39. The fourth-order valence-corrected chi connectivity index (χ4v) is 4.13. The van der Waals surface area contributed by atoms with E-state index in [2.05, 4.69) is 0 Å². The van der Waals surface area contributed by atoms with E-state index in [0.29, 0.717) is 24.9 Å². The number of benzene rings is 1. The molecule has 126 valence electrons. The van der Waals surface area contributed by atoms with Gasteiger partial charge in [0.1, 0.15) is 5.82 Å². The highest BCUT2D eigenvalue weighted by Crippen LogP contribution is 2.39. The highest BCUT2D eigenvalue weighted by Gasteiger charge is 2.41. The summed E-state index contributed by atoms with van der Waals surface area (Å²) < 4.78 is 13.8. The van der Waals surface area contributed by atoms with E-state index in [-0.39, 0.29) is 18.1 Å². The van der Waals surface area contributed by atoms with Crippen LogP contribution in [0.3, 0.4) is 0 Å². The Kier molecular flexibility index (Phi) is 4.94. The summed E-state index contributed by atoms with van der Waals surface area (Å²) in [7, 11) is 0. The predicted octanol–water partition coefficient (Wildman–Crippen LogP) is 3.49. The van der Waals surface area contributed by atoms with Gasteiger partial charge in [0.2, 0.25) is 5.91 Å². The van der Waals surface area contributed by atoms with E-state index < -0.39 is 17.9 Å². The summed E-state index contributed by atoms with van der Waals surface area (Å²) >= 11 is 1.45. The molecule has 6 heteroatoms. The van der Waals surface area contributed by atoms with Crippen LogP contribution in [0.5, 0.6) is 0 Å². The summed E-state index contributed by atoms with van der Waals surface area (Å²) in [5, 5.41) is 11.4. The number of aliphatic carboxylic acids is 1. The Labute approximate surface area is 143 Å². The van der Waals surface area contributed by atoms with Gasteiger partial charge < -0.3 is 10.0 Å². The summed E-state index contributed by atoms with van der Waals surface area (Å²) in [5.41, 5.74) is 0.535.